The van der Waals surface area contributed by atoms with Gasteiger partial charge in [0.1, 0.15) is 0 Å². The average Bonchev–Trinajstić information content (AvgIpc) is 3.20. The van der Waals surface area contributed by atoms with Crippen LogP contribution in [0.5, 0.6) is 0 Å². The minimum absolute atomic E-state index is 0.127. The fourth-order valence-electron chi connectivity index (χ4n) is 4.54. The lowest BCUT2D eigenvalue weighted by molar-refractivity contribution is -0.138. The molecule has 34 heavy (non-hydrogen) atoms. The third-order valence-electron chi connectivity index (χ3n) is 6.39. The van der Waals surface area contributed by atoms with Crippen molar-refractivity contribution in [2.45, 2.75) is 31.4 Å². The van der Waals surface area contributed by atoms with Crippen LogP contribution in [0, 0.1) is 0 Å². The van der Waals surface area contributed by atoms with E-state index in [1.165, 1.54) is 11.1 Å². The monoisotopic (exact) mass is 465 g/mol. The zero-order valence-corrected chi connectivity index (χ0v) is 19.6. The molecule has 0 amide bonds. The van der Waals surface area contributed by atoms with Gasteiger partial charge < -0.3 is 10.5 Å². The van der Waals surface area contributed by atoms with Crippen molar-refractivity contribution in [1.29, 1.82) is 0 Å². The summed E-state index contributed by atoms with van der Waals surface area (Å²) in [6, 6.07) is 19.0. The number of hydrogen-bond acceptors (Lipinski definition) is 7. The van der Waals surface area contributed by atoms with Crippen LogP contribution in [-0.2, 0) is 16.1 Å². The Bertz CT molecular complexity index is 922. The first kappa shape index (κ1) is 24.3. The van der Waals surface area contributed by atoms with Crippen molar-refractivity contribution in [1.82, 2.24) is 20.7 Å². The maximum Gasteiger partial charge on any atom is 0.317 e. The fraction of sp³-hybridized carbons (Fsp3) is 0.462. The van der Waals surface area contributed by atoms with Crippen LogP contribution in [0.2, 0.25) is 0 Å². The van der Waals surface area contributed by atoms with Gasteiger partial charge in [0, 0.05) is 32.7 Å². The standard InChI is InChI=1S/C26H35N5O3/c32-26(33)20-31-14-4-13-30(15-16-31)19-24-17-25(29-34-24)23-9-7-22(8-10-23)18-28-27-12-11-21-5-2-1-3-6-21/h1-3,5-10,18,24-25,27,29H,4,11-17,19-20H2,(H,32,33). The molecule has 3 N–H and O–H groups in total. The highest BCUT2D eigenvalue weighted by Gasteiger charge is 2.29. The highest BCUT2D eigenvalue weighted by molar-refractivity contribution is 5.79. The third kappa shape index (κ3) is 7.63. The maximum absolute atomic E-state index is 11.0. The molecular formula is C26H35N5O3. The molecular weight excluding hydrogens is 430 g/mol. The second-order valence-corrected chi connectivity index (χ2v) is 9.04. The Morgan fingerprint density at radius 3 is 2.65 bits per heavy atom. The van der Waals surface area contributed by atoms with Crippen LogP contribution in [-0.4, -0.2) is 79.0 Å². The average molecular weight is 466 g/mol. The second kappa shape index (κ2) is 12.6. The number of benzene rings is 2. The van der Waals surface area contributed by atoms with Gasteiger partial charge >= 0.3 is 5.97 Å². The molecule has 2 aliphatic rings. The molecule has 2 heterocycles. The van der Waals surface area contributed by atoms with E-state index in [-0.39, 0.29) is 18.7 Å². The first-order valence-electron chi connectivity index (χ1n) is 12.1. The summed E-state index contributed by atoms with van der Waals surface area (Å²) in [5.74, 6) is -0.753. The zero-order valence-electron chi connectivity index (χ0n) is 19.6. The van der Waals surface area contributed by atoms with Crippen LogP contribution in [0.3, 0.4) is 0 Å². The van der Waals surface area contributed by atoms with Crippen molar-refractivity contribution in [2.75, 3.05) is 45.8 Å². The highest BCUT2D eigenvalue weighted by atomic mass is 16.7. The van der Waals surface area contributed by atoms with Gasteiger partial charge in [0.15, 0.2) is 0 Å². The second-order valence-electron chi connectivity index (χ2n) is 9.04. The molecule has 2 saturated heterocycles. The van der Waals surface area contributed by atoms with E-state index in [2.05, 4.69) is 69.4 Å². The molecule has 2 atom stereocenters. The number of carboxylic acid groups (broad SMARTS) is 1. The van der Waals surface area contributed by atoms with E-state index in [9.17, 15) is 4.79 Å². The normalized spacial score (nSPS) is 22.1. The SMILES string of the molecule is O=C(O)CN1CCCN(CC2CC(c3ccc(C=NNCCc4ccccc4)cc3)NO2)CC1. The fourth-order valence-corrected chi connectivity index (χ4v) is 4.54. The molecule has 2 unspecified atom stereocenters. The van der Waals surface area contributed by atoms with Gasteiger partial charge in [0.2, 0.25) is 0 Å². The van der Waals surface area contributed by atoms with Crippen LogP contribution in [0.1, 0.15) is 35.6 Å². The van der Waals surface area contributed by atoms with Crippen molar-refractivity contribution >= 4 is 12.2 Å². The Balaban J connectivity index is 1.18. The van der Waals surface area contributed by atoms with E-state index in [1.54, 1.807) is 0 Å². The molecule has 2 aromatic carbocycles. The number of hydrogen-bond donors (Lipinski definition) is 3. The molecule has 4 rings (SSSR count). The van der Waals surface area contributed by atoms with Crippen LogP contribution in [0.4, 0.5) is 0 Å². The molecule has 0 aromatic heterocycles. The number of nitrogens with one attached hydrogen (secondary N) is 2. The predicted molar refractivity (Wildman–Crippen MR) is 133 cm³/mol. The molecule has 0 spiro atoms. The number of aliphatic carboxylic acids is 1. The van der Waals surface area contributed by atoms with E-state index < -0.39 is 5.97 Å². The largest absolute Gasteiger partial charge is 0.480 e. The van der Waals surface area contributed by atoms with Crippen LogP contribution >= 0.6 is 0 Å². The van der Waals surface area contributed by atoms with Crippen LogP contribution in [0.25, 0.3) is 0 Å². The lowest BCUT2D eigenvalue weighted by atomic mass is 10.0. The van der Waals surface area contributed by atoms with E-state index in [1.807, 2.05) is 17.2 Å². The number of hydrazone groups is 1. The Labute approximate surface area is 201 Å². The van der Waals surface area contributed by atoms with Crippen LogP contribution in [0.15, 0.2) is 59.7 Å². The Kier molecular flexibility index (Phi) is 9.04. The van der Waals surface area contributed by atoms with Gasteiger partial charge in [-0.2, -0.15) is 10.6 Å². The van der Waals surface area contributed by atoms with Gasteiger partial charge in [0.05, 0.1) is 24.9 Å². The summed E-state index contributed by atoms with van der Waals surface area (Å²) in [6.07, 6.45) is 4.84. The summed E-state index contributed by atoms with van der Waals surface area (Å²) in [6.45, 7) is 5.29. The van der Waals surface area contributed by atoms with Crippen molar-refractivity contribution in [3.8, 4) is 0 Å². The summed E-state index contributed by atoms with van der Waals surface area (Å²) in [5.41, 5.74) is 9.88. The van der Waals surface area contributed by atoms with E-state index in [0.717, 1.165) is 64.1 Å². The third-order valence-corrected chi connectivity index (χ3v) is 6.39. The van der Waals surface area contributed by atoms with Crippen LogP contribution < -0.4 is 10.9 Å². The Morgan fingerprint density at radius 1 is 1.09 bits per heavy atom. The number of carboxylic acids is 1. The summed E-state index contributed by atoms with van der Waals surface area (Å²) < 4.78 is 0. The van der Waals surface area contributed by atoms with Crippen molar-refractivity contribution in [3.05, 3.63) is 71.3 Å². The number of carbonyl (C=O) groups is 1. The molecule has 8 heteroatoms. The topological polar surface area (TPSA) is 89.4 Å². The maximum atomic E-state index is 11.0. The smallest absolute Gasteiger partial charge is 0.317 e. The lowest BCUT2D eigenvalue weighted by Crippen LogP contribution is -2.37. The predicted octanol–water partition coefficient (Wildman–Crippen LogP) is 2.28. The Morgan fingerprint density at radius 2 is 1.85 bits per heavy atom. The van der Waals surface area contributed by atoms with E-state index in [4.69, 9.17) is 9.94 Å². The zero-order chi connectivity index (χ0) is 23.6. The summed E-state index contributed by atoms with van der Waals surface area (Å²) in [5, 5.41) is 13.4. The molecule has 8 nitrogen and oxygen atoms in total. The molecule has 0 bridgehead atoms. The van der Waals surface area contributed by atoms with Crippen molar-refractivity contribution in [3.63, 3.8) is 0 Å². The number of nitrogens with zero attached hydrogens (tertiary/aromatic N) is 3. The van der Waals surface area contributed by atoms with Crippen molar-refractivity contribution < 1.29 is 14.7 Å². The molecule has 2 aliphatic heterocycles. The molecule has 0 saturated carbocycles. The Hall–Kier alpha value is -2.78. The van der Waals surface area contributed by atoms with E-state index in [0.29, 0.717) is 0 Å². The molecule has 182 valence electrons. The first-order valence-corrected chi connectivity index (χ1v) is 12.1. The van der Waals surface area contributed by atoms with Crippen molar-refractivity contribution in [2.24, 2.45) is 5.10 Å². The lowest BCUT2D eigenvalue weighted by Gasteiger charge is -2.23. The highest BCUT2D eigenvalue weighted by Crippen LogP contribution is 2.26. The molecule has 2 fully saturated rings. The molecule has 2 aromatic rings. The number of hydroxylamine groups is 1. The number of rotatable bonds is 10. The first-order chi connectivity index (χ1) is 16.7. The summed E-state index contributed by atoms with van der Waals surface area (Å²) in [7, 11) is 0. The van der Waals surface area contributed by atoms with Gasteiger partial charge in [-0.3, -0.25) is 19.4 Å². The minimum Gasteiger partial charge on any atom is -0.480 e. The van der Waals surface area contributed by atoms with Gasteiger partial charge in [-0.1, -0.05) is 54.6 Å². The van der Waals surface area contributed by atoms with Gasteiger partial charge in [-0.05, 0) is 42.5 Å². The molecule has 0 radical (unpaired) electrons. The summed E-state index contributed by atoms with van der Waals surface area (Å²) >= 11 is 0. The quantitative estimate of drug-likeness (QED) is 0.282. The van der Waals surface area contributed by atoms with E-state index >= 15 is 0 Å². The van der Waals surface area contributed by atoms with Gasteiger partial charge in [-0.15, -0.1) is 0 Å². The van der Waals surface area contributed by atoms with Gasteiger partial charge in [-0.25, -0.2) is 0 Å². The summed E-state index contributed by atoms with van der Waals surface area (Å²) in [4.78, 5) is 21.2. The minimum atomic E-state index is -0.753. The van der Waals surface area contributed by atoms with Gasteiger partial charge in [0.25, 0.3) is 0 Å². The molecule has 0 aliphatic carbocycles.